The highest BCUT2D eigenvalue weighted by Gasteiger charge is 2.04. The van der Waals surface area contributed by atoms with Crippen molar-refractivity contribution in [1.82, 2.24) is 5.43 Å². The number of rotatable bonds is 7. The number of hydrogen-bond acceptors (Lipinski definition) is 4. The summed E-state index contributed by atoms with van der Waals surface area (Å²) in [4.78, 5) is 12.2. The van der Waals surface area contributed by atoms with E-state index in [0.29, 0.717) is 12.2 Å². The van der Waals surface area contributed by atoms with Crippen LogP contribution in [0.1, 0.15) is 27.0 Å². The number of aryl methyl sites for hydroxylation is 1. The predicted octanol–water partition coefficient (Wildman–Crippen LogP) is 4.35. The van der Waals surface area contributed by atoms with Gasteiger partial charge in [-0.25, -0.2) is 5.43 Å². The molecule has 3 aromatic carbocycles. The second-order valence-electron chi connectivity index (χ2n) is 6.27. The number of methoxy groups -OCH3 is 1. The quantitative estimate of drug-likeness (QED) is 0.494. The first-order chi connectivity index (χ1) is 13.6. The Morgan fingerprint density at radius 3 is 2.21 bits per heavy atom. The van der Waals surface area contributed by atoms with Crippen LogP contribution in [0.5, 0.6) is 11.5 Å². The fourth-order valence-electron chi connectivity index (χ4n) is 2.47. The standard InChI is InChI=1S/C23H22N2O3/c1-17-3-11-22(12-4-17)28-16-19-5-9-20(10-6-19)23(26)25-24-15-18-7-13-21(27-2)14-8-18/h3-15H,16H2,1-2H3,(H,25,26)/b24-15-. The van der Waals surface area contributed by atoms with E-state index in [-0.39, 0.29) is 5.91 Å². The lowest BCUT2D eigenvalue weighted by Crippen LogP contribution is -2.17. The number of benzene rings is 3. The smallest absolute Gasteiger partial charge is 0.271 e. The Labute approximate surface area is 164 Å². The molecule has 0 bridgehead atoms. The molecular formula is C23H22N2O3. The van der Waals surface area contributed by atoms with E-state index in [4.69, 9.17) is 9.47 Å². The van der Waals surface area contributed by atoms with Crippen LogP contribution in [0.25, 0.3) is 0 Å². The van der Waals surface area contributed by atoms with Crippen molar-refractivity contribution in [3.05, 3.63) is 95.1 Å². The van der Waals surface area contributed by atoms with Crippen molar-refractivity contribution in [2.45, 2.75) is 13.5 Å². The molecule has 0 aliphatic rings. The van der Waals surface area contributed by atoms with Gasteiger partial charge in [-0.3, -0.25) is 4.79 Å². The van der Waals surface area contributed by atoms with Gasteiger partial charge in [-0.05, 0) is 66.6 Å². The van der Waals surface area contributed by atoms with E-state index >= 15 is 0 Å². The van der Waals surface area contributed by atoms with Crippen LogP contribution in [0.2, 0.25) is 0 Å². The maximum atomic E-state index is 12.2. The summed E-state index contributed by atoms with van der Waals surface area (Å²) in [5.74, 6) is 1.32. The SMILES string of the molecule is COc1ccc(/C=N\NC(=O)c2ccc(COc3ccc(C)cc3)cc2)cc1. The molecule has 0 aliphatic carbocycles. The first kappa shape index (κ1) is 19.2. The lowest BCUT2D eigenvalue weighted by atomic mass is 10.1. The summed E-state index contributed by atoms with van der Waals surface area (Å²) in [6.45, 7) is 2.48. The molecule has 1 amide bonds. The fraction of sp³-hybridized carbons (Fsp3) is 0.130. The molecule has 3 aromatic rings. The number of amides is 1. The number of hydrogen-bond donors (Lipinski definition) is 1. The third kappa shape index (κ3) is 5.45. The van der Waals surface area contributed by atoms with E-state index in [2.05, 4.69) is 10.5 Å². The van der Waals surface area contributed by atoms with E-state index in [1.165, 1.54) is 5.56 Å². The van der Waals surface area contributed by atoms with Crippen LogP contribution in [-0.2, 0) is 6.61 Å². The fourth-order valence-corrected chi connectivity index (χ4v) is 2.47. The monoisotopic (exact) mass is 374 g/mol. The van der Waals surface area contributed by atoms with Gasteiger partial charge >= 0.3 is 0 Å². The average molecular weight is 374 g/mol. The normalized spacial score (nSPS) is 10.6. The average Bonchev–Trinajstić information content (AvgIpc) is 2.74. The van der Waals surface area contributed by atoms with Crippen molar-refractivity contribution >= 4 is 12.1 Å². The highest BCUT2D eigenvalue weighted by molar-refractivity contribution is 5.94. The van der Waals surface area contributed by atoms with Gasteiger partial charge < -0.3 is 9.47 Å². The maximum absolute atomic E-state index is 12.2. The van der Waals surface area contributed by atoms with E-state index in [9.17, 15) is 4.79 Å². The molecule has 3 rings (SSSR count). The van der Waals surface area contributed by atoms with E-state index in [1.54, 1.807) is 25.5 Å². The Kier molecular flexibility index (Phi) is 6.41. The molecule has 0 spiro atoms. The summed E-state index contributed by atoms with van der Waals surface area (Å²) in [6, 6.07) is 22.5. The lowest BCUT2D eigenvalue weighted by molar-refractivity contribution is 0.0955. The van der Waals surface area contributed by atoms with Gasteiger partial charge in [0.25, 0.3) is 5.91 Å². The van der Waals surface area contributed by atoms with Crippen LogP contribution in [0.15, 0.2) is 77.9 Å². The molecule has 0 heterocycles. The first-order valence-corrected chi connectivity index (χ1v) is 8.90. The molecule has 0 aliphatic heterocycles. The summed E-state index contributed by atoms with van der Waals surface area (Å²) in [7, 11) is 1.61. The Bertz CT molecular complexity index is 931. The second kappa shape index (κ2) is 9.37. The number of nitrogens with one attached hydrogen (secondary N) is 1. The van der Waals surface area contributed by atoms with E-state index in [0.717, 1.165) is 22.6 Å². The first-order valence-electron chi connectivity index (χ1n) is 8.90. The molecule has 0 saturated carbocycles. The molecule has 0 saturated heterocycles. The number of nitrogens with zero attached hydrogens (tertiary/aromatic N) is 1. The largest absolute Gasteiger partial charge is 0.497 e. The summed E-state index contributed by atoms with van der Waals surface area (Å²) in [5, 5.41) is 3.99. The van der Waals surface area contributed by atoms with Gasteiger partial charge in [0.05, 0.1) is 13.3 Å². The van der Waals surface area contributed by atoms with Gasteiger partial charge in [0.2, 0.25) is 0 Å². The van der Waals surface area contributed by atoms with Crippen LogP contribution in [0, 0.1) is 6.92 Å². The molecule has 0 unspecified atom stereocenters. The Morgan fingerprint density at radius 1 is 0.929 bits per heavy atom. The minimum atomic E-state index is -0.268. The summed E-state index contributed by atoms with van der Waals surface area (Å²) in [5.41, 5.74) is 6.10. The Balaban J connectivity index is 1.51. The molecule has 5 heteroatoms. The van der Waals surface area contributed by atoms with Crippen molar-refractivity contribution in [2.75, 3.05) is 7.11 Å². The molecule has 1 N–H and O–H groups in total. The molecule has 142 valence electrons. The zero-order valence-corrected chi connectivity index (χ0v) is 15.9. The zero-order chi connectivity index (χ0) is 19.8. The summed E-state index contributed by atoms with van der Waals surface area (Å²) >= 11 is 0. The van der Waals surface area contributed by atoms with E-state index in [1.807, 2.05) is 67.6 Å². The van der Waals surface area contributed by atoms with Crippen LogP contribution in [0.3, 0.4) is 0 Å². The van der Waals surface area contributed by atoms with Crippen molar-refractivity contribution in [3.8, 4) is 11.5 Å². The van der Waals surface area contributed by atoms with Gasteiger partial charge in [-0.15, -0.1) is 0 Å². The highest BCUT2D eigenvalue weighted by Crippen LogP contribution is 2.14. The highest BCUT2D eigenvalue weighted by atomic mass is 16.5. The van der Waals surface area contributed by atoms with Crippen LogP contribution in [-0.4, -0.2) is 19.2 Å². The number of ether oxygens (including phenoxy) is 2. The number of carbonyl (C=O) groups excluding carboxylic acids is 1. The molecule has 0 radical (unpaired) electrons. The second-order valence-corrected chi connectivity index (χ2v) is 6.27. The van der Waals surface area contributed by atoms with E-state index < -0.39 is 0 Å². The number of carbonyl (C=O) groups is 1. The molecule has 0 fully saturated rings. The molecular weight excluding hydrogens is 352 g/mol. The molecule has 0 aromatic heterocycles. The Hall–Kier alpha value is -3.60. The number of hydrazone groups is 1. The maximum Gasteiger partial charge on any atom is 0.271 e. The van der Waals surface area contributed by atoms with Crippen molar-refractivity contribution in [3.63, 3.8) is 0 Å². The third-order valence-electron chi connectivity index (χ3n) is 4.14. The van der Waals surface area contributed by atoms with Crippen molar-refractivity contribution < 1.29 is 14.3 Å². The van der Waals surface area contributed by atoms with Gasteiger partial charge in [-0.1, -0.05) is 29.8 Å². The van der Waals surface area contributed by atoms with Crippen LogP contribution in [0.4, 0.5) is 0 Å². The minimum absolute atomic E-state index is 0.268. The van der Waals surface area contributed by atoms with Crippen molar-refractivity contribution in [1.29, 1.82) is 0 Å². The lowest BCUT2D eigenvalue weighted by Gasteiger charge is -2.07. The van der Waals surface area contributed by atoms with Crippen LogP contribution >= 0.6 is 0 Å². The summed E-state index contributed by atoms with van der Waals surface area (Å²) in [6.07, 6.45) is 1.58. The third-order valence-corrected chi connectivity index (χ3v) is 4.14. The minimum Gasteiger partial charge on any atom is -0.497 e. The van der Waals surface area contributed by atoms with Gasteiger partial charge in [0.15, 0.2) is 0 Å². The zero-order valence-electron chi connectivity index (χ0n) is 15.9. The van der Waals surface area contributed by atoms with Crippen molar-refractivity contribution in [2.24, 2.45) is 5.10 Å². The van der Waals surface area contributed by atoms with Gasteiger partial charge in [0, 0.05) is 5.56 Å². The summed E-state index contributed by atoms with van der Waals surface area (Å²) < 4.78 is 10.8. The van der Waals surface area contributed by atoms with Gasteiger partial charge in [0.1, 0.15) is 18.1 Å². The molecule has 5 nitrogen and oxygen atoms in total. The Morgan fingerprint density at radius 2 is 1.57 bits per heavy atom. The van der Waals surface area contributed by atoms with Crippen LogP contribution < -0.4 is 14.9 Å². The molecule has 0 atom stereocenters. The molecule has 28 heavy (non-hydrogen) atoms. The van der Waals surface area contributed by atoms with Gasteiger partial charge in [-0.2, -0.15) is 5.10 Å². The predicted molar refractivity (Wildman–Crippen MR) is 110 cm³/mol. The topological polar surface area (TPSA) is 59.9 Å².